The molecule has 0 bridgehead atoms. The molecule has 4 heterocycles. The van der Waals surface area contributed by atoms with E-state index in [4.69, 9.17) is 37.9 Å². The van der Waals surface area contributed by atoms with E-state index in [1.54, 1.807) is 0 Å². The summed E-state index contributed by atoms with van der Waals surface area (Å²) in [5, 5.41) is 136. The number of methoxy groups -OCH3 is 1. The van der Waals surface area contributed by atoms with Crippen molar-refractivity contribution in [2.24, 2.45) is 11.8 Å². The summed E-state index contributed by atoms with van der Waals surface area (Å²) < 4.78 is 47.9. The first kappa shape index (κ1) is 43.7. The summed E-state index contributed by atoms with van der Waals surface area (Å²) in [6.07, 6.45) is -28.8. The van der Waals surface area contributed by atoms with Crippen molar-refractivity contribution < 1.29 is 104 Å². The van der Waals surface area contributed by atoms with Crippen LogP contribution >= 0.6 is 0 Å². The minimum atomic E-state index is -1.89. The summed E-state index contributed by atoms with van der Waals surface area (Å²) >= 11 is 0. The molecule has 21 nitrogen and oxygen atoms in total. The third kappa shape index (κ3) is 9.03. The lowest BCUT2D eigenvalue weighted by atomic mass is 9.72. The number of fused-ring (bicyclic) bond motifs is 1. The number of hydrogen-bond donors (Lipinski definition) is 13. The van der Waals surface area contributed by atoms with Crippen LogP contribution in [0.4, 0.5) is 0 Å². The van der Waals surface area contributed by atoms with Crippen molar-refractivity contribution in [1.82, 2.24) is 0 Å². The molecule has 4 aliphatic heterocycles. The quantitative estimate of drug-likeness (QED) is 0.0923. The molecule has 6 rings (SSSR count). The van der Waals surface area contributed by atoms with E-state index in [1.165, 1.54) is 7.11 Å². The van der Waals surface area contributed by atoms with Gasteiger partial charge in [-0.15, -0.1) is 0 Å². The molecule has 2 aliphatic carbocycles. The van der Waals surface area contributed by atoms with Gasteiger partial charge in [-0.25, -0.2) is 0 Å². The van der Waals surface area contributed by atoms with Crippen LogP contribution in [0.15, 0.2) is 0 Å². The predicted molar refractivity (Wildman–Crippen MR) is 176 cm³/mol. The van der Waals surface area contributed by atoms with Crippen LogP contribution in [0.25, 0.3) is 0 Å². The third-order valence-corrected chi connectivity index (χ3v) is 12.2. The van der Waals surface area contributed by atoms with Crippen molar-refractivity contribution in [2.45, 2.75) is 173 Å². The molecule has 0 aromatic heterocycles. The Hall–Kier alpha value is -0.840. The maximum atomic E-state index is 11.3. The second kappa shape index (κ2) is 18.6. The molecule has 0 aromatic carbocycles. The van der Waals surface area contributed by atoms with Gasteiger partial charge < -0.3 is 104 Å². The molecule has 2 saturated carbocycles. The van der Waals surface area contributed by atoms with Crippen molar-refractivity contribution in [1.29, 1.82) is 0 Å². The van der Waals surface area contributed by atoms with E-state index in [0.717, 1.165) is 0 Å². The van der Waals surface area contributed by atoms with Gasteiger partial charge in [0.15, 0.2) is 18.9 Å². The SMILES string of the molecule is COC1CC(C2OC3CC(O)CC(O[C@@H]4O[C@H](CO)[C@@H](O)[C@H](O)[C@H]4O)C3CC2O[C@@H]2O[C@H](CO)[C@@H](O)[C@H](O)[C@H]2O[C@@H]2O[C@H](CO)[C@@H](O)[C@H](O)[C@H]2O)CCC1O. The Morgan fingerprint density at radius 2 is 1.02 bits per heavy atom. The Balaban J connectivity index is 1.29. The highest BCUT2D eigenvalue weighted by atomic mass is 16.8. The molecule has 0 radical (unpaired) electrons. The van der Waals surface area contributed by atoms with E-state index < -0.39 is 161 Å². The van der Waals surface area contributed by atoms with Crippen molar-refractivity contribution in [3.63, 3.8) is 0 Å². The molecule has 21 heteroatoms. The fraction of sp³-hybridized carbons (Fsp3) is 1.00. The summed E-state index contributed by atoms with van der Waals surface area (Å²) in [4.78, 5) is 0. The standard InChI is InChI=1S/C34H58O21/c1-48-17-4-11(2-3-14(17)39)30-18(7-13-15(49-30)5-12(38)6-16(13)50-32-28(46)25(43)22(40)19(8-35)52-32)51-34-31(27(45)24(42)21(10-37)54-34)55-33-29(47)26(44)23(41)20(9-36)53-33/h11-47H,2-10H2,1H3/t11?,12?,13?,14?,15?,16?,17?,18?,19-,20-,21-,22-,23-,24-,25+,26+,27+,28-,29-,30?,31-,32-,33+,34-/m1/s1. The molecule has 4 saturated heterocycles. The molecular formula is C34H58O21. The van der Waals surface area contributed by atoms with Gasteiger partial charge in [-0.2, -0.15) is 0 Å². The molecule has 0 amide bonds. The van der Waals surface area contributed by atoms with Crippen LogP contribution in [0.5, 0.6) is 0 Å². The second-order valence-electron chi connectivity index (χ2n) is 15.6. The Bertz CT molecular complexity index is 1200. The van der Waals surface area contributed by atoms with E-state index in [0.29, 0.717) is 19.3 Å². The van der Waals surface area contributed by atoms with Crippen LogP contribution in [-0.2, 0) is 37.9 Å². The topological polar surface area (TPSA) is 337 Å². The van der Waals surface area contributed by atoms with E-state index >= 15 is 0 Å². The predicted octanol–water partition coefficient (Wildman–Crippen LogP) is -6.71. The zero-order valence-electron chi connectivity index (χ0n) is 30.3. The number of rotatable bonds is 11. The van der Waals surface area contributed by atoms with E-state index in [9.17, 15) is 66.4 Å². The first-order valence-electron chi connectivity index (χ1n) is 18.9. The fourth-order valence-corrected chi connectivity index (χ4v) is 8.94. The van der Waals surface area contributed by atoms with Crippen molar-refractivity contribution >= 4 is 0 Å². The van der Waals surface area contributed by atoms with E-state index in [2.05, 4.69) is 0 Å². The molecule has 6 fully saturated rings. The number of aliphatic hydroxyl groups is 13. The number of ether oxygens (including phenoxy) is 8. The third-order valence-electron chi connectivity index (χ3n) is 12.2. The lowest BCUT2D eigenvalue weighted by Crippen LogP contribution is -2.66. The second-order valence-corrected chi connectivity index (χ2v) is 15.6. The minimum Gasteiger partial charge on any atom is -0.394 e. The van der Waals surface area contributed by atoms with E-state index in [-0.39, 0.29) is 25.2 Å². The van der Waals surface area contributed by atoms with Gasteiger partial charge in [0.2, 0.25) is 0 Å². The van der Waals surface area contributed by atoms with Crippen molar-refractivity contribution in [2.75, 3.05) is 26.9 Å². The zero-order valence-corrected chi connectivity index (χ0v) is 30.3. The first-order chi connectivity index (χ1) is 26.2. The van der Waals surface area contributed by atoms with Gasteiger partial charge in [-0.1, -0.05) is 0 Å². The van der Waals surface area contributed by atoms with Gasteiger partial charge in [0.1, 0.15) is 73.2 Å². The molecule has 0 spiro atoms. The van der Waals surface area contributed by atoms with Gasteiger partial charge in [0.25, 0.3) is 0 Å². The smallest absolute Gasteiger partial charge is 0.187 e. The molecule has 55 heavy (non-hydrogen) atoms. The highest BCUT2D eigenvalue weighted by Crippen LogP contribution is 2.45. The Kier molecular flexibility index (Phi) is 14.8. The summed E-state index contributed by atoms with van der Waals surface area (Å²) in [7, 11) is 1.47. The lowest BCUT2D eigenvalue weighted by molar-refractivity contribution is -0.380. The Morgan fingerprint density at radius 3 is 1.58 bits per heavy atom. The average Bonchev–Trinajstić information content (AvgIpc) is 3.17. The summed E-state index contributed by atoms with van der Waals surface area (Å²) in [6, 6.07) is 0. The molecular weight excluding hydrogens is 744 g/mol. The lowest BCUT2D eigenvalue weighted by Gasteiger charge is -2.53. The zero-order chi connectivity index (χ0) is 39.9. The molecule has 0 aromatic rings. The minimum absolute atomic E-state index is 0.0264. The molecule has 320 valence electrons. The Morgan fingerprint density at radius 1 is 0.491 bits per heavy atom. The average molecular weight is 803 g/mol. The molecule has 9 unspecified atom stereocenters. The highest BCUT2D eigenvalue weighted by molar-refractivity contribution is 5.01. The monoisotopic (exact) mass is 802 g/mol. The molecule has 6 aliphatic rings. The van der Waals surface area contributed by atoms with Crippen LogP contribution in [-0.4, -0.2) is 228 Å². The van der Waals surface area contributed by atoms with Crippen LogP contribution in [0.3, 0.4) is 0 Å². The fourth-order valence-electron chi connectivity index (χ4n) is 8.94. The molecule has 24 atom stereocenters. The van der Waals surface area contributed by atoms with Crippen LogP contribution in [0.1, 0.15) is 38.5 Å². The number of hydrogen-bond acceptors (Lipinski definition) is 21. The summed E-state index contributed by atoms with van der Waals surface area (Å²) in [5.41, 5.74) is 0. The van der Waals surface area contributed by atoms with Gasteiger partial charge in [0.05, 0.1) is 62.5 Å². The Labute approximate surface area is 316 Å². The highest BCUT2D eigenvalue weighted by Gasteiger charge is 2.56. The summed E-state index contributed by atoms with van der Waals surface area (Å²) in [6.45, 7) is -2.22. The summed E-state index contributed by atoms with van der Waals surface area (Å²) in [5.74, 6) is -0.900. The maximum Gasteiger partial charge on any atom is 0.187 e. The van der Waals surface area contributed by atoms with Gasteiger partial charge in [0, 0.05) is 19.4 Å². The van der Waals surface area contributed by atoms with Crippen LogP contribution in [0.2, 0.25) is 0 Å². The first-order valence-corrected chi connectivity index (χ1v) is 18.9. The molecule has 13 N–H and O–H groups in total. The van der Waals surface area contributed by atoms with Crippen molar-refractivity contribution in [3.8, 4) is 0 Å². The van der Waals surface area contributed by atoms with Gasteiger partial charge in [-0.05, 0) is 38.0 Å². The maximum absolute atomic E-state index is 11.3. The van der Waals surface area contributed by atoms with Crippen molar-refractivity contribution in [3.05, 3.63) is 0 Å². The number of aliphatic hydroxyl groups excluding tert-OH is 13. The van der Waals surface area contributed by atoms with Crippen LogP contribution < -0.4 is 0 Å². The van der Waals surface area contributed by atoms with Crippen LogP contribution in [0, 0.1) is 11.8 Å². The van der Waals surface area contributed by atoms with E-state index in [1.807, 2.05) is 0 Å². The normalized spacial score (nSPS) is 53.8. The van der Waals surface area contributed by atoms with Gasteiger partial charge in [-0.3, -0.25) is 0 Å². The van der Waals surface area contributed by atoms with Gasteiger partial charge >= 0.3 is 0 Å². The largest absolute Gasteiger partial charge is 0.394 e.